The Kier molecular flexibility index (Phi) is 5.08. The smallest absolute Gasteiger partial charge is 0.250 e. The fourth-order valence-electron chi connectivity index (χ4n) is 2.38. The molecule has 2 aromatic carbocycles. The van der Waals surface area contributed by atoms with Crippen molar-refractivity contribution in [2.24, 2.45) is 5.73 Å². The van der Waals surface area contributed by atoms with Gasteiger partial charge >= 0.3 is 0 Å². The van der Waals surface area contributed by atoms with E-state index < -0.39 is 5.91 Å². The standard InChI is InChI=1S/C17H16BrN3O4/c18-11-7-14-15(25-6-5-24-14)8-13(11)21-16(22)9-20-12-4-2-1-3-10(12)17(19)23/h1-4,7-8,20H,5-6,9H2,(H2,19,23)(H,21,22). The zero-order valence-corrected chi connectivity index (χ0v) is 14.8. The van der Waals surface area contributed by atoms with Crippen LogP contribution in [0, 0.1) is 0 Å². The predicted molar refractivity (Wildman–Crippen MR) is 97.2 cm³/mol. The number of carbonyl (C=O) groups is 2. The van der Waals surface area contributed by atoms with Crippen molar-refractivity contribution in [3.8, 4) is 11.5 Å². The SMILES string of the molecule is NC(=O)c1ccccc1NCC(=O)Nc1cc2c(cc1Br)OCCO2. The molecule has 2 aromatic rings. The van der Waals surface area contributed by atoms with Gasteiger partial charge in [0.05, 0.1) is 17.8 Å². The van der Waals surface area contributed by atoms with E-state index in [1.54, 1.807) is 36.4 Å². The number of nitrogens with one attached hydrogen (secondary N) is 2. The molecule has 8 heteroatoms. The number of ether oxygens (including phenoxy) is 2. The van der Waals surface area contributed by atoms with Crippen molar-refractivity contribution < 1.29 is 19.1 Å². The van der Waals surface area contributed by atoms with E-state index in [4.69, 9.17) is 15.2 Å². The summed E-state index contributed by atoms with van der Waals surface area (Å²) < 4.78 is 11.7. The molecule has 130 valence electrons. The van der Waals surface area contributed by atoms with Crippen LogP contribution in [0.4, 0.5) is 11.4 Å². The second-order valence-corrected chi connectivity index (χ2v) is 6.14. The van der Waals surface area contributed by atoms with E-state index in [0.717, 1.165) is 0 Å². The molecule has 3 rings (SSSR count). The highest BCUT2D eigenvalue weighted by Gasteiger charge is 2.16. The number of benzene rings is 2. The number of hydrogen-bond donors (Lipinski definition) is 3. The van der Waals surface area contributed by atoms with Crippen LogP contribution in [0.15, 0.2) is 40.9 Å². The first kappa shape index (κ1) is 17.1. The summed E-state index contributed by atoms with van der Waals surface area (Å²) in [7, 11) is 0. The molecular formula is C17H16BrN3O4. The largest absolute Gasteiger partial charge is 0.486 e. The maximum Gasteiger partial charge on any atom is 0.250 e. The highest BCUT2D eigenvalue weighted by atomic mass is 79.9. The first-order valence-corrected chi connectivity index (χ1v) is 8.35. The molecule has 1 aliphatic heterocycles. The Morgan fingerprint density at radius 3 is 2.48 bits per heavy atom. The summed E-state index contributed by atoms with van der Waals surface area (Å²) in [6.07, 6.45) is 0. The van der Waals surface area contributed by atoms with Crippen LogP contribution in [0.2, 0.25) is 0 Å². The van der Waals surface area contributed by atoms with E-state index >= 15 is 0 Å². The first-order valence-electron chi connectivity index (χ1n) is 7.56. The minimum atomic E-state index is -0.557. The van der Waals surface area contributed by atoms with Crippen LogP contribution in [0.3, 0.4) is 0 Å². The summed E-state index contributed by atoms with van der Waals surface area (Å²) in [5.41, 5.74) is 6.72. The molecule has 0 saturated carbocycles. The van der Waals surface area contributed by atoms with Gasteiger partial charge in [-0.15, -0.1) is 0 Å². The maximum atomic E-state index is 12.2. The molecule has 25 heavy (non-hydrogen) atoms. The molecule has 0 bridgehead atoms. The summed E-state index contributed by atoms with van der Waals surface area (Å²) in [4.78, 5) is 23.6. The van der Waals surface area contributed by atoms with Crippen molar-refractivity contribution in [1.82, 2.24) is 0 Å². The zero-order chi connectivity index (χ0) is 17.8. The Hall–Kier alpha value is -2.74. The van der Waals surface area contributed by atoms with E-state index in [1.807, 2.05) is 0 Å². The molecule has 0 aromatic heterocycles. The van der Waals surface area contributed by atoms with Crippen LogP contribution in [0.1, 0.15) is 10.4 Å². The number of anilines is 2. The Morgan fingerprint density at radius 1 is 1.08 bits per heavy atom. The van der Waals surface area contributed by atoms with E-state index in [-0.39, 0.29) is 12.5 Å². The van der Waals surface area contributed by atoms with E-state index in [1.165, 1.54) is 0 Å². The van der Waals surface area contributed by atoms with Crippen molar-refractivity contribution in [3.63, 3.8) is 0 Å². The molecule has 0 saturated heterocycles. The molecule has 4 N–H and O–H groups in total. The Bertz CT molecular complexity index is 826. The Balaban J connectivity index is 1.66. The number of amides is 2. The fraction of sp³-hybridized carbons (Fsp3) is 0.176. The summed E-state index contributed by atoms with van der Waals surface area (Å²) >= 11 is 3.40. The molecule has 0 radical (unpaired) electrons. The average molecular weight is 406 g/mol. The third kappa shape index (κ3) is 4.03. The molecule has 0 fully saturated rings. The third-order valence-electron chi connectivity index (χ3n) is 3.54. The Morgan fingerprint density at radius 2 is 1.76 bits per heavy atom. The van der Waals surface area contributed by atoms with Gasteiger partial charge in [-0.1, -0.05) is 12.1 Å². The minimum Gasteiger partial charge on any atom is -0.486 e. The molecule has 1 heterocycles. The van der Waals surface area contributed by atoms with E-state index in [2.05, 4.69) is 26.6 Å². The molecular weight excluding hydrogens is 390 g/mol. The number of rotatable bonds is 5. The van der Waals surface area contributed by atoms with Gasteiger partial charge in [0.1, 0.15) is 13.2 Å². The van der Waals surface area contributed by atoms with Crippen molar-refractivity contribution in [2.75, 3.05) is 30.4 Å². The predicted octanol–water partition coefficient (Wildman–Crippen LogP) is 2.37. The van der Waals surface area contributed by atoms with E-state index in [0.29, 0.717) is 46.1 Å². The number of fused-ring (bicyclic) bond motifs is 1. The molecule has 2 amide bonds. The Labute approximate surface area is 152 Å². The zero-order valence-electron chi connectivity index (χ0n) is 13.2. The first-order chi connectivity index (χ1) is 12.0. The van der Waals surface area contributed by atoms with Crippen molar-refractivity contribution in [3.05, 3.63) is 46.4 Å². The van der Waals surface area contributed by atoms with Crippen LogP contribution < -0.4 is 25.8 Å². The summed E-state index contributed by atoms with van der Waals surface area (Å²) in [6.45, 7) is 0.937. The molecule has 0 aliphatic carbocycles. The van der Waals surface area contributed by atoms with Crippen LogP contribution in [0.5, 0.6) is 11.5 Å². The lowest BCUT2D eigenvalue weighted by Gasteiger charge is -2.20. The highest BCUT2D eigenvalue weighted by Crippen LogP contribution is 2.38. The van der Waals surface area contributed by atoms with Crippen LogP contribution in [0.25, 0.3) is 0 Å². The summed E-state index contributed by atoms with van der Waals surface area (Å²) in [6, 6.07) is 10.2. The fourth-order valence-corrected chi connectivity index (χ4v) is 2.80. The van der Waals surface area contributed by atoms with Gasteiger partial charge in [0, 0.05) is 22.3 Å². The maximum absolute atomic E-state index is 12.2. The minimum absolute atomic E-state index is 0.0226. The molecule has 0 atom stereocenters. The van der Waals surface area contributed by atoms with Gasteiger partial charge < -0.3 is 25.8 Å². The van der Waals surface area contributed by atoms with Gasteiger partial charge in [-0.3, -0.25) is 9.59 Å². The highest BCUT2D eigenvalue weighted by molar-refractivity contribution is 9.10. The number of nitrogens with two attached hydrogens (primary N) is 1. The van der Waals surface area contributed by atoms with Crippen molar-refractivity contribution >= 4 is 39.1 Å². The topological polar surface area (TPSA) is 103 Å². The molecule has 0 spiro atoms. The van der Waals surface area contributed by atoms with Gasteiger partial charge in [0.25, 0.3) is 5.91 Å². The van der Waals surface area contributed by atoms with Crippen LogP contribution in [-0.2, 0) is 4.79 Å². The van der Waals surface area contributed by atoms with Gasteiger partial charge in [-0.05, 0) is 28.1 Å². The van der Waals surface area contributed by atoms with Gasteiger partial charge in [-0.2, -0.15) is 0 Å². The number of para-hydroxylation sites is 1. The van der Waals surface area contributed by atoms with Crippen molar-refractivity contribution in [1.29, 1.82) is 0 Å². The van der Waals surface area contributed by atoms with Gasteiger partial charge in [-0.25, -0.2) is 0 Å². The lowest BCUT2D eigenvalue weighted by molar-refractivity contribution is -0.114. The second kappa shape index (κ2) is 7.43. The normalized spacial score (nSPS) is 12.4. The molecule has 7 nitrogen and oxygen atoms in total. The van der Waals surface area contributed by atoms with Crippen LogP contribution >= 0.6 is 15.9 Å². The molecule has 0 unspecified atom stereocenters. The number of halogens is 1. The van der Waals surface area contributed by atoms with Crippen LogP contribution in [-0.4, -0.2) is 31.6 Å². The lowest BCUT2D eigenvalue weighted by Crippen LogP contribution is -2.24. The monoisotopic (exact) mass is 405 g/mol. The van der Waals surface area contributed by atoms with Gasteiger partial charge in [0.15, 0.2) is 11.5 Å². The van der Waals surface area contributed by atoms with Gasteiger partial charge in [0.2, 0.25) is 5.91 Å². The quantitative estimate of drug-likeness (QED) is 0.708. The third-order valence-corrected chi connectivity index (χ3v) is 4.19. The summed E-state index contributed by atoms with van der Waals surface area (Å²) in [5.74, 6) is 0.371. The number of hydrogen-bond acceptors (Lipinski definition) is 5. The lowest BCUT2D eigenvalue weighted by atomic mass is 10.1. The summed E-state index contributed by atoms with van der Waals surface area (Å²) in [5, 5.41) is 5.69. The van der Waals surface area contributed by atoms with Crippen molar-refractivity contribution in [2.45, 2.75) is 0 Å². The number of carbonyl (C=O) groups excluding carboxylic acids is 2. The molecule has 1 aliphatic rings. The van der Waals surface area contributed by atoms with E-state index in [9.17, 15) is 9.59 Å². The number of primary amides is 1. The second-order valence-electron chi connectivity index (χ2n) is 5.29. The average Bonchev–Trinajstić information content (AvgIpc) is 2.60.